The third-order valence-electron chi connectivity index (χ3n) is 8.55. The predicted octanol–water partition coefficient (Wildman–Crippen LogP) is 10.5. The molecule has 2 aromatic rings. The van der Waals surface area contributed by atoms with Crippen molar-refractivity contribution in [1.82, 2.24) is 0 Å². The third kappa shape index (κ3) is 12.5. The number of carbonyl (C=O) groups is 1. The maximum absolute atomic E-state index is 12.6. The first-order chi connectivity index (χ1) is 19.9. The summed E-state index contributed by atoms with van der Waals surface area (Å²) in [6, 6.07) is 16.6. The number of ether oxygens (including phenoxy) is 1. The Hall–Kier alpha value is -2.40. The van der Waals surface area contributed by atoms with Gasteiger partial charge >= 0.3 is 0 Å². The van der Waals surface area contributed by atoms with Crippen LogP contribution in [0.2, 0.25) is 0 Å². The number of unbranched alkanes of at least 4 members (excludes halogenated alkanes) is 11. The molecule has 0 aromatic heterocycles. The van der Waals surface area contributed by atoms with Crippen LogP contribution in [0, 0.1) is 5.41 Å². The Morgan fingerprint density at radius 3 is 2.10 bits per heavy atom. The molecule has 0 aliphatic carbocycles. The standard InChI is InChI=1S/C37H54N2O2.BrH/c1-5-6-7-8-9-10-11-12-13-14-15-16-26-41-36-19-17-18-34(27-36)29-39(32(3)40)35-22-20-33(21-23-35)28-37(4)30-38-25-24-31(37)2;/h17-25,27H,5-16,26,28-30H2,1-4H3;1H. The molecule has 1 unspecified atom stereocenters. The van der Waals surface area contributed by atoms with Crippen LogP contribution in [0.15, 0.2) is 65.2 Å². The Labute approximate surface area is 266 Å². The molecule has 1 aliphatic heterocycles. The molecular weight excluding hydrogens is 584 g/mol. The highest BCUT2D eigenvalue weighted by molar-refractivity contribution is 8.93. The fourth-order valence-corrected chi connectivity index (χ4v) is 5.62. The van der Waals surface area contributed by atoms with Crippen LogP contribution >= 0.6 is 17.0 Å². The van der Waals surface area contributed by atoms with Crippen molar-refractivity contribution in [1.29, 1.82) is 0 Å². The van der Waals surface area contributed by atoms with E-state index in [9.17, 15) is 4.79 Å². The summed E-state index contributed by atoms with van der Waals surface area (Å²) in [4.78, 5) is 18.9. The summed E-state index contributed by atoms with van der Waals surface area (Å²) in [5, 5.41) is 0. The van der Waals surface area contributed by atoms with Gasteiger partial charge in [0.1, 0.15) is 5.75 Å². The Morgan fingerprint density at radius 2 is 1.50 bits per heavy atom. The van der Waals surface area contributed by atoms with Gasteiger partial charge in [0.25, 0.3) is 0 Å². The van der Waals surface area contributed by atoms with Gasteiger partial charge in [-0.25, -0.2) is 0 Å². The second-order valence-electron chi connectivity index (χ2n) is 12.2. The van der Waals surface area contributed by atoms with E-state index in [1.54, 1.807) is 6.92 Å². The lowest BCUT2D eigenvalue weighted by Gasteiger charge is -2.31. The monoisotopic (exact) mass is 638 g/mol. The van der Waals surface area contributed by atoms with Crippen molar-refractivity contribution in [2.45, 2.75) is 118 Å². The number of halogens is 1. The van der Waals surface area contributed by atoms with Gasteiger partial charge in [0.15, 0.2) is 0 Å². The molecule has 42 heavy (non-hydrogen) atoms. The van der Waals surface area contributed by atoms with Gasteiger partial charge < -0.3 is 9.64 Å². The van der Waals surface area contributed by atoms with Gasteiger partial charge in [0.05, 0.1) is 13.2 Å². The molecule has 232 valence electrons. The third-order valence-corrected chi connectivity index (χ3v) is 8.55. The number of carbonyl (C=O) groups excluding carboxylic acids is 1. The molecule has 1 atom stereocenters. The van der Waals surface area contributed by atoms with E-state index in [2.05, 4.69) is 68.2 Å². The number of allylic oxidation sites excluding steroid dienone is 1. The maximum atomic E-state index is 12.6. The molecule has 3 rings (SSSR count). The lowest BCUT2D eigenvalue weighted by molar-refractivity contribution is -0.116. The molecule has 1 amide bonds. The van der Waals surface area contributed by atoms with Gasteiger partial charge in [-0.15, -0.1) is 17.0 Å². The van der Waals surface area contributed by atoms with Gasteiger partial charge in [-0.05, 0) is 61.2 Å². The van der Waals surface area contributed by atoms with E-state index >= 15 is 0 Å². The zero-order valence-electron chi connectivity index (χ0n) is 26.7. The quantitative estimate of drug-likeness (QED) is 0.144. The molecule has 0 saturated heterocycles. The van der Waals surface area contributed by atoms with Crippen LogP contribution in [-0.4, -0.2) is 25.3 Å². The molecular formula is C37H55BrN2O2. The van der Waals surface area contributed by atoms with Crippen LogP contribution in [0.3, 0.4) is 0 Å². The first kappa shape index (κ1) is 35.8. The van der Waals surface area contributed by atoms with E-state index in [1.165, 1.54) is 81.8 Å². The zero-order chi connectivity index (χ0) is 29.3. The smallest absolute Gasteiger partial charge is 0.224 e. The molecule has 0 bridgehead atoms. The van der Waals surface area contributed by atoms with E-state index in [4.69, 9.17) is 4.74 Å². The molecule has 4 nitrogen and oxygen atoms in total. The van der Waals surface area contributed by atoms with Crippen molar-refractivity contribution in [2.75, 3.05) is 18.1 Å². The molecule has 0 radical (unpaired) electrons. The summed E-state index contributed by atoms with van der Waals surface area (Å²) in [5.41, 5.74) is 4.66. The van der Waals surface area contributed by atoms with Crippen molar-refractivity contribution >= 4 is 34.8 Å². The highest BCUT2D eigenvalue weighted by Crippen LogP contribution is 2.33. The number of rotatable bonds is 19. The van der Waals surface area contributed by atoms with Crippen molar-refractivity contribution in [3.63, 3.8) is 0 Å². The van der Waals surface area contributed by atoms with Gasteiger partial charge in [-0.1, -0.05) is 114 Å². The predicted molar refractivity (Wildman–Crippen MR) is 186 cm³/mol. The van der Waals surface area contributed by atoms with Crippen molar-refractivity contribution in [3.05, 3.63) is 71.3 Å². The number of hydrogen-bond donors (Lipinski definition) is 0. The van der Waals surface area contributed by atoms with E-state index < -0.39 is 0 Å². The van der Waals surface area contributed by atoms with E-state index in [-0.39, 0.29) is 28.3 Å². The minimum atomic E-state index is 0. The molecule has 1 aliphatic rings. The summed E-state index contributed by atoms with van der Waals surface area (Å²) >= 11 is 0. The second kappa shape index (κ2) is 19.7. The summed E-state index contributed by atoms with van der Waals surface area (Å²) < 4.78 is 6.07. The minimum absolute atomic E-state index is 0. The number of benzene rings is 2. The number of anilines is 1. The van der Waals surface area contributed by atoms with Crippen LogP contribution in [0.4, 0.5) is 5.69 Å². The maximum Gasteiger partial charge on any atom is 0.224 e. The molecule has 0 saturated carbocycles. The molecule has 0 spiro atoms. The second-order valence-corrected chi connectivity index (χ2v) is 12.2. The van der Waals surface area contributed by atoms with Crippen LogP contribution in [-0.2, 0) is 17.8 Å². The minimum Gasteiger partial charge on any atom is -0.494 e. The SMILES string of the molecule is Br.CCCCCCCCCCCCCCOc1cccc(CN(C(C)=O)c2ccc(CC3(C)CN=CC=C3C)cc2)c1. The summed E-state index contributed by atoms with van der Waals surface area (Å²) in [6.07, 6.45) is 21.1. The number of dihydropyridines is 1. The normalized spacial score (nSPS) is 16.0. The van der Waals surface area contributed by atoms with E-state index in [1.807, 2.05) is 23.2 Å². The van der Waals surface area contributed by atoms with Crippen LogP contribution < -0.4 is 9.64 Å². The highest BCUT2D eigenvalue weighted by Gasteiger charge is 2.28. The van der Waals surface area contributed by atoms with Gasteiger partial charge in [-0.3, -0.25) is 9.79 Å². The first-order valence-corrected chi connectivity index (χ1v) is 16.2. The molecule has 0 fully saturated rings. The van der Waals surface area contributed by atoms with Gasteiger partial charge in [0.2, 0.25) is 5.91 Å². The lowest BCUT2D eigenvalue weighted by atomic mass is 9.76. The summed E-state index contributed by atoms with van der Waals surface area (Å²) in [7, 11) is 0. The zero-order valence-corrected chi connectivity index (χ0v) is 28.4. The molecule has 0 N–H and O–H groups in total. The van der Waals surface area contributed by atoms with Crippen LogP contribution in [0.1, 0.15) is 116 Å². The molecule has 5 heteroatoms. The summed E-state index contributed by atoms with van der Waals surface area (Å²) in [6.45, 7) is 10.5. The van der Waals surface area contributed by atoms with E-state index in [0.717, 1.165) is 43.0 Å². The van der Waals surface area contributed by atoms with E-state index in [0.29, 0.717) is 6.54 Å². The van der Waals surface area contributed by atoms with Crippen molar-refractivity contribution in [3.8, 4) is 5.75 Å². The fraction of sp³-hybridized carbons (Fsp3) is 0.568. The Balaban J connectivity index is 0.00000616. The number of amides is 1. The summed E-state index contributed by atoms with van der Waals surface area (Å²) in [5.74, 6) is 0.921. The average molecular weight is 640 g/mol. The first-order valence-electron chi connectivity index (χ1n) is 16.2. The molecule has 2 aromatic carbocycles. The van der Waals surface area contributed by atoms with Gasteiger partial charge in [0, 0.05) is 30.8 Å². The Bertz CT molecular complexity index is 1110. The number of aliphatic imine (C=N–C) groups is 1. The average Bonchev–Trinajstić information content (AvgIpc) is 2.96. The molecule has 1 heterocycles. The number of hydrogen-bond acceptors (Lipinski definition) is 3. The Morgan fingerprint density at radius 1 is 0.881 bits per heavy atom. The Kier molecular flexibility index (Phi) is 16.8. The topological polar surface area (TPSA) is 41.9 Å². The van der Waals surface area contributed by atoms with Crippen molar-refractivity contribution < 1.29 is 9.53 Å². The van der Waals surface area contributed by atoms with Crippen LogP contribution in [0.25, 0.3) is 0 Å². The highest BCUT2D eigenvalue weighted by atomic mass is 79.9. The van der Waals surface area contributed by atoms with Crippen LogP contribution in [0.5, 0.6) is 5.75 Å². The van der Waals surface area contributed by atoms with Gasteiger partial charge in [-0.2, -0.15) is 0 Å². The fourth-order valence-electron chi connectivity index (χ4n) is 5.62. The van der Waals surface area contributed by atoms with Crippen molar-refractivity contribution in [2.24, 2.45) is 10.4 Å². The largest absolute Gasteiger partial charge is 0.494 e. The lowest BCUT2D eigenvalue weighted by Crippen LogP contribution is -2.28. The number of nitrogens with zero attached hydrogens (tertiary/aromatic N) is 2.